The van der Waals surface area contributed by atoms with Gasteiger partial charge in [-0.25, -0.2) is 0 Å². The van der Waals surface area contributed by atoms with E-state index in [1.54, 1.807) is 0 Å². The van der Waals surface area contributed by atoms with Crippen molar-refractivity contribution in [3.05, 3.63) is 0 Å². The maximum atomic E-state index is 11.0. The Bertz CT molecular complexity index is 156. The third-order valence-electron chi connectivity index (χ3n) is 1.88. The fourth-order valence-electron chi connectivity index (χ4n) is 1.28. The van der Waals surface area contributed by atoms with Gasteiger partial charge in [0.05, 0.1) is 0 Å². The fraction of sp³-hybridized carbons (Fsp3) is 0.750. The van der Waals surface area contributed by atoms with Gasteiger partial charge in [-0.05, 0) is 12.8 Å². The van der Waals surface area contributed by atoms with E-state index in [4.69, 9.17) is 0 Å². The van der Waals surface area contributed by atoms with Crippen LogP contribution in [0.3, 0.4) is 0 Å². The van der Waals surface area contributed by atoms with Gasteiger partial charge in [0.25, 0.3) is 0 Å². The van der Waals surface area contributed by atoms with E-state index in [2.05, 4.69) is 0 Å². The molecule has 0 unspecified atom stereocenters. The van der Waals surface area contributed by atoms with Crippen LogP contribution in [0.1, 0.15) is 25.7 Å². The smallest absolute Gasteiger partial charge is 0.222 e. The molecule has 1 rings (SSSR count). The maximum Gasteiger partial charge on any atom is 0.222 e. The molecule has 0 aromatic rings. The lowest BCUT2D eigenvalue weighted by Crippen LogP contribution is -2.25. The topological polar surface area (TPSA) is 37.4 Å². The van der Waals surface area contributed by atoms with E-state index >= 15 is 0 Å². The Morgan fingerprint density at radius 3 is 2.91 bits per heavy atom. The second-order valence-electron chi connectivity index (χ2n) is 2.73. The molecule has 0 spiro atoms. The number of amides is 1. The normalized spacial score (nSPS) is 17.5. The van der Waals surface area contributed by atoms with Gasteiger partial charge in [0, 0.05) is 25.9 Å². The van der Waals surface area contributed by atoms with E-state index in [0.717, 1.165) is 25.9 Å². The molecule has 0 bridgehead atoms. The fourth-order valence-corrected chi connectivity index (χ4v) is 1.28. The highest BCUT2D eigenvalue weighted by molar-refractivity contribution is 5.78. The highest BCUT2D eigenvalue weighted by Crippen LogP contribution is 2.09. The molecule has 1 heterocycles. The summed E-state index contributed by atoms with van der Waals surface area (Å²) in [7, 11) is 0. The Morgan fingerprint density at radius 2 is 2.36 bits per heavy atom. The number of hydrogen-bond acceptors (Lipinski definition) is 2. The quantitative estimate of drug-likeness (QED) is 0.553. The van der Waals surface area contributed by atoms with Gasteiger partial charge in [0.1, 0.15) is 0 Å². The van der Waals surface area contributed by atoms with Crippen molar-refractivity contribution >= 4 is 12.2 Å². The summed E-state index contributed by atoms with van der Waals surface area (Å²) in [6, 6.07) is 0. The average molecular weight is 154 g/mol. The van der Waals surface area contributed by atoms with Crippen LogP contribution in [0.2, 0.25) is 0 Å². The van der Waals surface area contributed by atoms with Crippen LogP contribution in [-0.4, -0.2) is 30.2 Å². The highest BCUT2D eigenvalue weighted by atomic mass is 16.2. The summed E-state index contributed by atoms with van der Waals surface area (Å²) in [5.74, 6) is 0.232. The van der Waals surface area contributed by atoms with Crippen molar-refractivity contribution < 1.29 is 9.59 Å². The van der Waals surface area contributed by atoms with Gasteiger partial charge in [-0.15, -0.1) is 0 Å². The van der Waals surface area contributed by atoms with E-state index < -0.39 is 0 Å². The zero-order valence-electron chi connectivity index (χ0n) is 6.51. The molecule has 1 radical (unpaired) electrons. The van der Waals surface area contributed by atoms with Gasteiger partial charge in [-0.1, -0.05) is 0 Å². The molecular weight excluding hydrogens is 142 g/mol. The van der Waals surface area contributed by atoms with Crippen LogP contribution in [0.25, 0.3) is 0 Å². The van der Waals surface area contributed by atoms with E-state index in [9.17, 15) is 9.59 Å². The molecule has 3 nitrogen and oxygen atoms in total. The molecule has 1 aliphatic rings. The van der Waals surface area contributed by atoms with Gasteiger partial charge in [0.15, 0.2) is 6.29 Å². The minimum absolute atomic E-state index is 0.232. The van der Waals surface area contributed by atoms with E-state index in [1.807, 2.05) is 11.2 Å². The van der Waals surface area contributed by atoms with Crippen LogP contribution in [0, 0.1) is 0 Å². The van der Waals surface area contributed by atoms with Crippen molar-refractivity contribution in [2.24, 2.45) is 0 Å². The first-order valence-electron chi connectivity index (χ1n) is 3.97. The molecule has 1 fully saturated rings. The van der Waals surface area contributed by atoms with Crippen LogP contribution in [-0.2, 0) is 9.59 Å². The third-order valence-corrected chi connectivity index (χ3v) is 1.88. The van der Waals surface area contributed by atoms with Gasteiger partial charge >= 0.3 is 0 Å². The van der Waals surface area contributed by atoms with Crippen LogP contribution >= 0.6 is 0 Å². The summed E-state index contributed by atoms with van der Waals surface area (Å²) in [4.78, 5) is 22.6. The van der Waals surface area contributed by atoms with Crippen molar-refractivity contribution in [2.75, 3.05) is 13.1 Å². The Hall–Kier alpha value is -0.860. The average Bonchev–Trinajstić information content (AvgIpc) is 2.37. The van der Waals surface area contributed by atoms with E-state index in [1.165, 1.54) is 0 Å². The number of unbranched alkanes of at least 4 members (excludes halogenated alkanes) is 1. The largest absolute Gasteiger partial charge is 0.343 e. The summed E-state index contributed by atoms with van der Waals surface area (Å²) in [6.45, 7) is 1.60. The number of carbonyl (C=O) groups excluding carboxylic acids is 2. The zero-order valence-corrected chi connectivity index (χ0v) is 6.51. The number of carbonyl (C=O) groups is 1. The zero-order chi connectivity index (χ0) is 8.10. The number of nitrogens with zero attached hydrogens (tertiary/aromatic N) is 1. The molecule has 3 heteroatoms. The molecule has 0 N–H and O–H groups in total. The molecular formula is C8H12NO2. The summed E-state index contributed by atoms with van der Waals surface area (Å²) in [5, 5.41) is 0. The Kier molecular flexibility index (Phi) is 3.08. The van der Waals surface area contributed by atoms with Crippen LogP contribution in [0.4, 0.5) is 0 Å². The van der Waals surface area contributed by atoms with Crippen LogP contribution in [0.15, 0.2) is 0 Å². The first kappa shape index (κ1) is 8.24. The third kappa shape index (κ3) is 2.33. The highest BCUT2D eigenvalue weighted by Gasteiger charge is 2.18. The summed E-state index contributed by atoms with van der Waals surface area (Å²) in [5.41, 5.74) is 0. The van der Waals surface area contributed by atoms with E-state index in [0.29, 0.717) is 12.8 Å². The SMILES string of the molecule is O=[C]CCCN1CCCC1=O. The minimum atomic E-state index is 0.232. The van der Waals surface area contributed by atoms with Crippen molar-refractivity contribution in [3.63, 3.8) is 0 Å². The Labute approximate surface area is 66.4 Å². The van der Waals surface area contributed by atoms with Crippen molar-refractivity contribution in [1.29, 1.82) is 0 Å². The molecule has 61 valence electrons. The van der Waals surface area contributed by atoms with Gasteiger partial charge < -0.3 is 4.90 Å². The molecule has 0 aromatic heterocycles. The van der Waals surface area contributed by atoms with Crippen molar-refractivity contribution in [2.45, 2.75) is 25.7 Å². The molecule has 1 saturated heterocycles. The van der Waals surface area contributed by atoms with E-state index in [-0.39, 0.29) is 5.91 Å². The first-order valence-corrected chi connectivity index (χ1v) is 3.97. The van der Waals surface area contributed by atoms with Crippen LogP contribution in [0.5, 0.6) is 0 Å². The van der Waals surface area contributed by atoms with Crippen molar-refractivity contribution in [3.8, 4) is 0 Å². The molecule has 0 aliphatic carbocycles. The molecule has 1 aliphatic heterocycles. The second kappa shape index (κ2) is 4.11. The number of hydrogen-bond donors (Lipinski definition) is 0. The lowest BCUT2D eigenvalue weighted by molar-refractivity contribution is -0.127. The second-order valence-corrected chi connectivity index (χ2v) is 2.73. The lowest BCUT2D eigenvalue weighted by Gasteiger charge is -2.13. The summed E-state index contributed by atoms with van der Waals surface area (Å²) >= 11 is 0. The predicted octanol–water partition coefficient (Wildman–Crippen LogP) is 0.499. The van der Waals surface area contributed by atoms with Gasteiger partial charge in [-0.2, -0.15) is 0 Å². The molecule has 0 saturated carbocycles. The van der Waals surface area contributed by atoms with Crippen molar-refractivity contribution in [1.82, 2.24) is 4.90 Å². The summed E-state index contributed by atoms with van der Waals surface area (Å²) < 4.78 is 0. The number of likely N-dealkylation sites (tertiary alicyclic amines) is 1. The molecule has 0 atom stereocenters. The predicted molar refractivity (Wildman–Crippen MR) is 40.7 cm³/mol. The monoisotopic (exact) mass is 154 g/mol. The van der Waals surface area contributed by atoms with Gasteiger partial charge in [0.2, 0.25) is 5.91 Å². The lowest BCUT2D eigenvalue weighted by atomic mass is 10.3. The number of rotatable bonds is 4. The molecule has 1 amide bonds. The first-order chi connectivity index (χ1) is 5.34. The Morgan fingerprint density at radius 1 is 1.55 bits per heavy atom. The summed E-state index contributed by atoms with van der Waals surface area (Å²) in [6.07, 6.45) is 4.69. The minimum Gasteiger partial charge on any atom is -0.343 e. The molecule has 0 aromatic carbocycles. The maximum absolute atomic E-state index is 11.0. The van der Waals surface area contributed by atoms with Gasteiger partial charge in [-0.3, -0.25) is 9.59 Å². The Balaban J connectivity index is 2.15. The standard InChI is InChI=1S/C8H12NO2/c10-7-2-1-5-9-6-3-4-8(9)11/h1-6H2. The molecule has 11 heavy (non-hydrogen) atoms. The van der Waals surface area contributed by atoms with Crippen LogP contribution < -0.4 is 0 Å².